The molecule has 0 unspecified atom stereocenters. The van der Waals surface area contributed by atoms with Gasteiger partial charge in [-0.3, -0.25) is 9.69 Å². The minimum Gasteiger partial charge on any atom is -0.480 e. The van der Waals surface area contributed by atoms with Crippen LogP contribution in [0.5, 0.6) is 0 Å². The molecule has 1 fully saturated rings. The smallest absolute Gasteiger partial charge is 0.326 e. The molecule has 1 saturated heterocycles. The van der Waals surface area contributed by atoms with Crippen LogP contribution in [-0.2, 0) is 9.59 Å². The van der Waals surface area contributed by atoms with E-state index >= 15 is 0 Å². The molecule has 1 amide bonds. The van der Waals surface area contributed by atoms with Crippen molar-refractivity contribution in [1.82, 2.24) is 15.5 Å². The van der Waals surface area contributed by atoms with Crippen molar-refractivity contribution in [2.45, 2.75) is 39.3 Å². The fourth-order valence-electron chi connectivity index (χ4n) is 2.20. The number of rotatable bonds is 5. The quantitative estimate of drug-likeness (QED) is 0.650. The molecule has 0 aliphatic carbocycles. The summed E-state index contributed by atoms with van der Waals surface area (Å²) in [7, 11) is 0. The lowest BCUT2D eigenvalue weighted by molar-refractivity contribution is -0.145. The highest BCUT2D eigenvalue weighted by atomic mass is 16.4. The third-order valence-corrected chi connectivity index (χ3v) is 3.68. The zero-order chi connectivity index (χ0) is 14.6. The molecule has 1 rings (SSSR count). The molecule has 0 aromatic rings. The number of carboxylic acid groups (broad SMARTS) is 1. The van der Waals surface area contributed by atoms with Crippen LogP contribution in [0.1, 0.15) is 27.7 Å². The SMILES string of the molecule is CC(C)[C@H](NC(=O)C(C)(C)N1CCNCC1)C(=O)O. The first-order valence-electron chi connectivity index (χ1n) is 6.76. The Morgan fingerprint density at radius 2 is 1.79 bits per heavy atom. The maximum Gasteiger partial charge on any atom is 0.326 e. The summed E-state index contributed by atoms with van der Waals surface area (Å²) in [5, 5.41) is 15.0. The van der Waals surface area contributed by atoms with E-state index < -0.39 is 17.6 Å². The van der Waals surface area contributed by atoms with Crippen molar-refractivity contribution in [3.63, 3.8) is 0 Å². The van der Waals surface area contributed by atoms with Crippen LogP contribution in [0.15, 0.2) is 0 Å². The van der Waals surface area contributed by atoms with Gasteiger partial charge in [-0.25, -0.2) is 4.79 Å². The van der Waals surface area contributed by atoms with Gasteiger partial charge in [-0.2, -0.15) is 0 Å². The first-order valence-corrected chi connectivity index (χ1v) is 6.76. The van der Waals surface area contributed by atoms with E-state index in [2.05, 4.69) is 15.5 Å². The number of aliphatic carboxylic acids is 1. The van der Waals surface area contributed by atoms with Gasteiger partial charge in [0.1, 0.15) is 6.04 Å². The van der Waals surface area contributed by atoms with Crippen LogP contribution in [-0.4, -0.2) is 59.6 Å². The van der Waals surface area contributed by atoms with Crippen LogP contribution >= 0.6 is 0 Å². The Morgan fingerprint density at radius 1 is 1.26 bits per heavy atom. The maximum absolute atomic E-state index is 12.3. The van der Waals surface area contributed by atoms with Crippen molar-refractivity contribution in [3.8, 4) is 0 Å². The molecule has 110 valence electrons. The van der Waals surface area contributed by atoms with E-state index in [4.69, 9.17) is 5.11 Å². The summed E-state index contributed by atoms with van der Waals surface area (Å²) in [4.78, 5) is 25.6. The first-order chi connectivity index (χ1) is 8.76. The number of carboxylic acids is 1. The summed E-state index contributed by atoms with van der Waals surface area (Å²) in [6.45, 7) is 10.5. The molecule has 19 heavy (non-hydrogen) atoms. The molecule has 0 bridgehead atoms. The predicted octanol–water partition coefficient (Wildman–Crippen LogP) is -0.104. The summed E-state index contributed by atoms with van der Waals surface area (Å²) >= 11 is 0. The van der Waals surface area contributed by atoms with Gasteiger partial charge in [0.05, 0.1) is 5.54 Å². The van der Waals surface area contributed by atoms with E-state index in [-0.39, 0.29) is 11.8 Å². The molecular formula is C13H25N3O3. The summed E-state index contributed by atoms with van der Waals surface area (Å²) in [5.41, 5.74) is -0.690. The number of carbonyl (C=O) groups excluding carboxylic acids is 1. The molecule has 0 spiro atoms. The lowest BCUT2D eigenvalue weighted by Crippen LogP contribution is -2.62. The van der Waals surface area contributed by atoms with Crippen molar-refractivity contribution >= 4 is 11.9 Å². The number of hydrogen-bond acceptors (Lipinski definition) is 4. The Labute approximate surface area is 114 Å². The first kappa shape index (κ1) is 15.9. The normalized spacial score (nSPS) is 19.2. The zero-order valence-electron chi connectivity index (χ0n) is 12.2. The topological polar surface area (TPSA) is 81.7 Å². The Morgan fingerprint density at radius 3 is 2.21 bits per heavy atom. The highest BCUT2D eigenvalue weighted by Gasteiger charge is 2.37. The number of carbonyl (C=O) groups is 2. The largest absolute Gasteiger partial charge is 0.480 e. The summed E-state index contributed by atoms with van der Waals surface area (Å²) in [5.74, 6) is -1.35. The molecule has 0 aromatic carbocycles. The van der Waals surface area contributed by atoms with Gasteiger partial charge in [0.25, 0.3) is 0 Å². The van der Waals surface area contributed by atoms with Gasteiger partial charge >= 0.3 is 5.97 Å². The van der Waals surface area contributed by atoms with Gasteiger partial charge in [0.2, 0.25) is 5.91 Å². The lowest BCUT2D eigenvalue weighted by atomic mass is 9.97. The van der Waals surface area contributed by atoms with Crippen LogP contribution in [0, 0.1) is 5.92 Å². The van der Waals surface area contributed by atoms with Crippen molar-refractivity contribution < 1.29 is 14.7 Å². The summed E-state index contributed by atoms with van der Waals surface area (Å²) < 4.78 is 0. The summed E-state index contributed by atoms with van der Waals surface area (Å²) in [6.07, 6.45) is 0. The summed E-state index contributed by atoms with van der Waals surface area (Å²) in [6, 6.07) is -0.838. The molecule has 1 aliphatic heterocycles. The van der Waals surface area contributed by atoms with E-state index in [0.717, 1.165) is 26.2 Å². The Kier molecular flexibility index (Phi) is 5.31. The third-order valence-electron chi connectivity index (χ3n) is 3.68. The molecule has 1 heterocycles. The van der Waals surface area contributed by atoms with Gasteiger partial charge in [0.15, 0.2) is 0 Å². The average Bonchev–Trinajstić information content (AvgIpc) is 2.35. The molecule has 1 atom stereocenters. The van der Waals surface area contributed by atoms with Crippen LogP contribution in [0.2, 0.25) is 0 Å². The number of piperazine rings is 1. The molecule has 1 aliphatic rings. The Balaban J connectivity index is 2.71. The van der Waals surface area contributed by atoms with Gasteiger partial charge in [-0.05, 0) is 19.8 Å². The fraction of sp³-hybridized carbons (Fsp3) is 0.846. The standard InChI is InChI=1S/C13H25N3O3/c1-9(2)10(11(17)18)15-12(19)13(3,4)16-7-5-14-6-8-16/h9-10,14H,5-8H2,1-4H3,(H,15,19)(H,17,18)/t10-/m0/s1. The number of nitrogens with zero attached hydrogens (tertiary/aromatic N) is 1. The van der Waals surface area contributed by atoms with E-state index in [1.54, 1.807) is 13.8 Å². The highest BCUT2D eigenvalue weighted by molar-refractivity contribution is 5.89. The fourth-order valence-corrected chi connectivity index (χ4v) is 2.20. The van der Waals surface area contributed by atoms with Gasteiger partial charge in [-0.15, -0.1) is 0 Å². The van der Waals surface area contributed by atoms with Crippen molar-refractivity contribution in [1.29, 1.82) is 0 Å². The second-order valence-electron chi connectivity index (χ2n) is 5.83. The van der Waals surface area contributed by atoms with E-state index in [1.165, 1.54) is 0 Å². The third kappa shape index (κ3) is 3.91. The van der Waals surface area contributed by atoms with E-state index in [1.807, 2.05) is 13.8 Å². The molecule has 0 aromatic heterocycles. The predicted molar refractivity (Wildman–Crippen MR) is 72.9 cm³/mol. The monoisotopic (exact) mass is 271 g/mol. The van der Waals surface area contributed by atoms with Crippen molar-refractivity contribution in [2.24, 2.45) is 5.92 Å². The van der Waals surface area contributed by atoms with Crippen molar-refractivity contribution in [2.75, 3.05) is 26.2 Å². The molecule has 3 N–H and O–H groups in total. The van der Waals surface area contributed by atoms with E-state index in [9.17, 15) is 9.59 Å². The lowest BCUT2D eigenvalue weighted by Gasteiger charge is -2.40. The second-order valence-corrected chi connectivity index (χ2v) is 5.83. The van der Waals surface area contributed by atoms with Crippen LogP contribution in [0.25, 0.3) is 0 Å². The molecule has 0 radical (unpaired) electrons. The van der Waals surface area contributed by atoms with Crippen LogP contribution < -0.4 is 10.6 Å². The van der Waals surface area contributed by atoms with Gasteiger partial charge < -0.3 is 15.7 Å². The maximum atomic E-state index is 12.3. The second kappa shape index (κ2) is 6.34. The van der Waals surface area contributed by atoms with Crippen LogP contribution in [0.4, 0.5) is 0 Å². The molecule has 6 heteroatoms. The van der Waals surface area contributed by atoms with Gasteiger partial charge in [-0.1, -0.05) is 13.8 Å². The molecule has 0 saturated carbocycles. The number of amides is 1. The van der Waals surface area contributed by atoms with Crippen molar-refractivity contribution in [3.05, 3.63) is 0 Å². The minimum absolute atomic E-state index is 0.139. The van der Waals surface area contributed by atoms with E-state index in [0.29, 0.717) is 0 Å². The zero-order valence-corrected chi connectivity index (χ0v) is 12.2. The number of hydrogen-bond donors (Lipinski definition) is 3. The Bertz CT molecular complexity index is 336. The van der Waals surface area contributed by atoms with Crippen LogP contribution in [0.3, 0.4) is 0 Å². The van der Waals surface area contributed by atoms with Gasteiger partial charge in [0, 0.05) is 26.2 Å². The minimum atomic E-state index is -0.987. The number of nitrogens with one attached hydrogen (secondary N) is 2. The highest BCUT2D eigenvalue weighted by Crippen LogP contribution is 2.16. The average molecular weight is 271 g/mol. The molecule has 6 nitrogen and oxygen atoms in total. The molecular weight excluding hydrogens is 246 g/mol. The Hall–Kier alpha value is -1.14.